The maximum absolute atomic E-state index is 13.5. The highest BCUT2D eigenvalue weighted by Gasteiger charge is 2.20. The van der Waals surface area contributed by atoms with Crippen molar-refractivity contribution in [2.24, 2.45) is 0 Å². The van der Waals surface area contributed by atoms with E-state index in [1.165, 1.54) is 6.07 Å². The van der Waals surface area contributed by atoms with Crippen LogP contribution in [0, 0.1) is 23.3 Å². The number of anilines is 3. The van der Waals surface area contributed by atoms with Crippen LogP contribution in [0.2, 0.25) is 10.0 Å². The van der Waals surface area contributed by atoms with E-state index in [1.807, 2.05) is 5.32 Å². The molecule has 0 saturated heterocycles. The number of benzene rings is 1. The van der Waals surface area contributed by atoms with E-state index in [1.54, 1.807) is 0 Å². The molecule has 0 atom stereocenters. The Morgan fingerprint density at radius 2 is 1.50 bits per heavy atom. The highest BCUT2D eigenvalue weighted by molar-refractivity contribution is 6.37. The maximum atomic E-state index is 13.5. The second kappa shape index (κ2) is 5.34. The SMILES string of the molecule is Nc1nc(Nc2c(F)c(F)cc(F)c2F)c(Cl)cc1Cl. The monoisotopic (exact) mass is 325 g/mol. The molecule has 106 valence electrons. The predicted molar refractivity (Wildman–Crippen MR) is 68.2 cm³/mol. The van der Waals surface area contributed by atoms with Gasteiger partial charge < -0.3 is 11.1 Å². The standard InChI is InChI=1S/C11H5Cl2F4N3/c12-3-1-4(13)11(20-10(3)18)19-9-7(16)5(14)2-6(15)8(9)17/h1-2H,(H3,18,19,20). The van der Waals surface area contributed by atoms with E-state index in [0.717, 1.165) is 0 Å². The first-order chi connectivity index (χ1) is 9.31. The van der Waals surface area contributed by atoms with Crippen molar-refractivity contribution < 1.29 is 17.6 Å². The summed E-state index contributed by atoms with van der Waals surface area (Å²) in [6.45, 7) is 0. The van der Waals surface area contributed by atoms with E-state index >= 15 is 0 Å². The molecule has 0 radical (unpaired) electrons. The first kappa shape index (κ1) is 14.7. The van der Waals surface area contributed by atoms with Crippen molar-refractivity contribution >= 4 is 40.5 Å². The van der Waals surface area contributed by atoms with Crippen molar-refractivity contribution in [1.29, 1.82) is 0 Å². The van der Waals surface area contributed by atoms with Crippen LogP contribution in [-0.2, 0) is 0 Å². The van der Waals surface area contributed by atoms with Gasteiger partial charge in [0, 0.05) is 6.07 Å². The molecule has 0 spiro atoms. The zero-order valence-corrected chi connectivity index (χ0v) is 11.0. The van der Waals surface area contributed by atoms with Crippen LogP contribution in [0.15, 0.2) is 12.1 Å². The molecule has 1 aromatic heterocycles. The Labute approximate surface area is 120 Å². The van der Waals surface area contributed by atoms with Gasteiger partial charge in [0.05, 0.1) is 10.0 Å². The number of pyridine rings is 1. The van der Waals surface area contributed by atoms with Crippen LogP contribution < -0.4 is 11.1 Å². The number of rotatable bonds is 2. The fourth-order valence-corrected chi connectivity index (χ4v) is 1.78. The maximum Gasteiger partial charge on any atom is 0.185 e. The Kier molecular flexibility index (Phi) is 3.92. The average molecular weight is 326 g/mol. The number of hydrogen-bond donors (Lipinski definition) is 2. The largest absolute Gasteiger partial charge is 0.382 e. The van der Waals surface area contributed by atoms with Gasteiger partial charge in [-0.25, -0.2) is 22.5 Å². The van der Waals surface area contributed by atoms with Gasteiger partial charge in [-0.05, 0) is 6.07 Å². The molecule has 0 bridgehead atoms. The lowest BCUT2D eigenvalue weighted by molar-refractivity contribution is 0.459. The summed E-state index contributed by atoms with van der Waals surface area (Å²) in [6.07, 6.45) is 0. The second-order valence-corrected chi connectivity index (χ2v) is 4.47. The molecule has 0 aliphatic rings. The first-order valence-electron chi connectivity index (χ1n) is 5.02. The van der Waals surface area contributed by atoms with Crippen LogP contribution in [0.4, 0.5) is 34.9 Å². The van der Waals surface area contributed by atoms with Gasteiger partial charge in [0.1, 0.15) is 11.5 Å². The fraction of sp³-hybridized carbons (Fsp3) is 0. The summed E-state index contributed by atoms with van der Waals surface area (Å²) in [6, 6.07) is 1.25. The van der Waals surface area contributed by atoms with Crippen LogP contribution in [0.3, 0.4) is 0 Å². The van der Waals surface area contributed by atoms with Crippen molar-refractivity contribution in [3.05, 3.63) is 45.4 Å². The average Bonchev–Trinajstić information content (AvgIpc) is 2.38. The lowest BCUT2D eigenvalue weighted by atomic mass is 10.2. The summed E-state index contributed by atoms with van der Waals surface area (Å²) in [4.78, 5) is 3.63. The lowest BCUT2D eigenvalue weighted by Gasteiger charge is -2.11. The summed E-state index contributed by atoms with van der Waals surface area (Å²) in [5.41, 5.74) is 4.33. The van der Waals surface area contributed by atoms with Crippen molar-refractivity contribution in [3.63, 3.8) is 0 Å². The number of halogens is 6. The van der Waals surface area contributed by atoms with Gasteiger partial charge in [-0.1, -0.05) is 23.2 Å². The van der Waals surface area contributed by atoms with Gasteiger partial charge in [-0.15, -0.1) is 0 Å². The fourth-order valence-electron chi connectivity index (χ4n) is 1.37. The molecular weight excluding hydrogens is 321 g/mol. The van der Waals surface area contributed by atoms with Crippen LogP contribution in [-0.4, -0.2) is 4.98 Å². The number of nitrogen functional groups attached to an aromatic ring is 1. The number of nitrogens with one attached hydrogen (secondary N) is 1. The van der Waals surface area contributed by atoms with E-state index in [0.29, 0.717) is 0 Å². The summed E-state index contributed by atoms with van der Waals surface area (Å²) in [5.74, 6) is -6.83. The molecule has 2 aromatic rings. The Balaban J connectivity index is 2.53. The Bertz CT molecular complexity index is 668. The van der Waals surface area contributed by atoms with Gasteiger partial charge in [-0.2, -0.15) is 0 Å². The minimum absolute atomic E-state index is 0.0203. The van der Waals surface area contributed by atoms with Crippen molar-refractivity contribution in [2.75, 3.05) is 11.1 Å². The molecule has 0 amide bonds. The van der Waals surface area contributed by atoms with Crippen molar-refractivity contribution in [3.8, 4) is 0 Å². The molecule has 3 N–H and O–H groups in total. The van der Waals surface area contributed by atoms with Crippen LogP contribution in [0.5, 0.6) is 0 Å². The van der Waals surface area contributed by atoms with Crippen molar-refractivity contribution in [2.45, 2.75) is 0 Å². The highest BCUT2D eigenvalue weighted by Crippen LogP contribution is 2.32. The van der Waals surface area contributed by atoms with Gasteiger partial charge in [-0.3, -0.25) is 0 Å². The summed E-state index contributed by atoms with van der Waals surface area (Å²) >= 11 is 11.4. The number of aromatic nitrogens is 1. The minimum atomic E-state index is -1.62. The first-order valence-corrected chi connectivity index (χ1v) is 5.78. The third kappa shape index (κ3) is 2.59. The quantitative estimate of drug-likeness (QED) is 0.640. The minimum Gasteiger partial charge on any atom is -0.382 e. The molecule has 9 heteroatoms. The van der Waals surface area contributed by atoms with E-state index < -0.39 is 29.0 Å². The molecule has 0 fully saturated rings. The Morgan fingerprint density at radius 1 is 0.950 bits per heavy atom. The van der Waals surface area contributed by atoms with Gasteiger partial charge in [0.2, 0.25) is 0 Å². The zero-order valence-electron chi connectivity index (χ0n) is 9.45. The normalized spacial score (nSPS) is 10.7. The molecule has 0 aliphatic heterocycles. The second-order valence-electron chi connectivity index (χ2n) is 3.65. The third-order valence-corrected chi connectivity index (χ3v) is 2.90. The summed E-state index contributed by atoms with van der Waals surface area (Å²) in [5, 5.41) is 1.94. The molecule has 2 rings (SSSR count). The summed E-state index contributed by atoms with van der Waals surface area (Å²) in [7, 11) is 0. The van der Waals surface area contributed by atoms with Crippen LogP contribution in [0.1, 0.15) is 0 Å². The Hall–Kier alpha value is -1.73. The van der Waals surface area contributed by atoms with Gasteiger partial charge in [0.15, 0.2) is 29.1 Å². The van der Waals surface area contributed by atoms with E-state index in [-0.39, 0.29) is 27.7 Å². The van der Waals surface area contributed by atoms with Gasteiger partial charge in [0.25, 0.3) is 0 Å². The summed E-state index contributed by atoms with van der Waals surface area (Å²) < 4.78 is 53.0. The highest BCUT2D eigenvalue weighted by atomic mass is 35.5. The molecule has 1 heterocycles. The third-order valence-electron chi connectivity index (χ3n) is 2.31. The molecule has 0 saturated carbocycles. The number of nitrogens with zero attached hydrogens (tertiary/aromatic N) is 1. The lowest BCUT2D eigenvalue weighted by Crippen LogP contribution is -2.05. The molecule has 0 unspecified atom stereocenters. The van der Waals surface area contributed by atoms with E-state index in [2.05, 4.69) is 4.98 Å². The van der Waals surface area contributed by atoms with Gasteiger partial charge >= 0.3 is 0 Å². The topological polar surface area (TPSA) is 50.9 Å². The molecule has 0 aliphatic carbocycles. The number of hydrogen-bond acceptors (Lipinski definition) is 3. The smallest absolute Gasteiger partial charge is 0.185 e. The molecule has 1 aromatic carbocycles. The zero-order chi connectivity index (χ0) is 15.0. The van der Waals surface area contributed by atoms with E-state index in [4.69, 9.17) is 28.9 Å². The van der Waals surface area contributed by atoms with Crippen LogP contribution >= 0.6 is 23.2 Å². The van der Waals surface area contributed by atoms with Crippen molar-refractivity contribution in [1.82, 2.24) is 4.98 Å². The number of nitrogens with two attached hydrogens (primary N) is 1. The Morgan fingerprint density at radius 3 is 2.05 bits per heavy atom. The molecular formula is C11H5Cl2F4N3. The predicted octanol–water partition coefficient (Wildman–Crippen LogP) is 4.27. The van der Waals surface area contributed by atoms with Crippen LogP contribution in [0.25, 0.3) is 0 Å². The van der Waals surface area contributed by atoms with E-state index in [9.17, 15) is 17.6 Å². The molecule has 20 heavy (non-hydrogen) atoms. The molecule has 3 nitrogen and oxygen atoms in total.